The van der Waals surface area contributed by atoms with Crippen molar-refractivity contribution in [1.29, 1.82) is 0 Å². The summed E-state index contributed by atoms with van der Waals surface area (Å²) < 4.78 is 40.8. The predicted molar refractivity (Wildman–Crippen MR) is 230 cm³/mol. The second-order valence-corrected chi connectivity index (χ2v) is 23.0. The van der Waals surface area contributed by atoms with Crippen LogP contribution in [0.5, 0.6) is 0 Å². The second kappa shape index (κ2) is 18.0. The molecule has 8 rings (SSSR count). The Balaban J connectivity index is 1.07. The maximum absolute atomic E-state index is 15.2. The van der Waals surface area contributed by atoms with Gasteiger partial charge in [0, 0.05) is 5.41 Å². The number of rotatable bonds is 8. The molecule has 0 aromatic rings. The molecule has 0 bridgehead atoms. The number of fused-ring (bicyclic) bond motifs is 7. The van der Waals surface area contributed by atoms with Crippen molar-refractivity contribution in [1.82, 2.24) is 0 Å². The first kappa shape index (κ1) is 51.4. The number of aliphatic hydroxyl groups is 10. The number of methoxy groups -OCH3 is 1. The highest BCUT2D eigenvalue weighted by Crippen LogP contribution is 2.76. The minimum Gasteiger partial charge on any atom is -0.469 e. The van der Waals surface area contributed by atoms with E-state index < -0.39 is 143 Å². The normalized spacial score (nSPS) is 54.0. The summed E-state index contributed by atoms with van der Waals surface area (Å²) in [5.41, 5.74) is -3.66. The lowest BCUT2D eigenvalue weighted by molar-refractivity contribution is -0.373. The highest BCUT2D eigenvalue weighted by molar-refractivity contribution is 5.79. The Kier molecular flexibility index (Phi) is 13.8. The molecule has 8 aliphatic rings. The molecule has 0 unspecified atom stereocenters. The van der Waals surface area contributed by atoms with Crippen LogP contribution in [0, 0.1) is 50.2 Å². The monoisotopic (exact) mass is 956 g/mol. The topological polar surface area (TPSA) is 301 Å². The molecule has 5 aliphatic carbocycles. The highest BCUT2D eigenvalue weighted by atomic mass is 16.8. The van der Waals surface area contributed by atoms with Crippen molar-refractivity contribution >= 4 is 11.9 Å². The van der Waals surface area contributed by atoms with E-state index in [2.05, 4.69) is 33.8 Å². The zero-order valence-corrected chi connectivity index (χ0v) is 40.0. The van der Waals surface area contributed by atoms with E-state index in [9.17, 15) is 55.9 Å². The molecule has 7 fully saturated rings. The van der Waals surface area contributed by atoms with Gasteiger partial charge >= 0.3 is 11.9 Å². The molecule has 19 heteroatoms. The zero-order valence-electron chi connectivity index (χ0n) is 40.0. The van der Waals surface area contributed by atoms with Crippen LogP contribution in [0.25, 0.3) is 0 Å². The van der Waals surface area contributed by atoms with Gasteiger partial charge in [0.25, 0.3) is 0 Å². The van der Waals surface area contributed by atoms with Gasteiger partial charge in [-0.25, -0.2) is 0 Å². The number of aliphatic hydroxyl groups excluding tert-OH is 10. The molecule has 0 aromatic carbocycles. The van der Waals surface area contributed by atoms with Crippen LogP contribution >= 0.6 is 0 Å². The summed E-state index contributed by atoms with van der Waals surface area (Å²) in [6.07, 6.45) is -17.3. The average Bonchev–Trinajstić information content (AvgIpc) is 3.28. The van der Waals surface area contributed by atoms with E-state index in [0.29, 0.717) is 51.4 Å². The van der Waals surface area contributed by atoms with Crippen molar-refractivity contribution in [2.45, 2.75) is 204 Å². The standard InChI is InChI=1S/C48H76O19/c1-21-29(52)31(54)36(66-39-34(57)32(55)35(22(2)64-39)65-38-33(56)30(53)26(51)19-62-38)40(63-21)67-42(60)47-14-13-43(3,4)17-24(47)23-9-10-27-44(5)18-25(50)37(58)46(7,41(59)61-8)28(44)11-12-45(27,6)48(23,20-49)16-15-47/h9,21-22,24-40,49-58H,10-20H2,1-8H3/t21-,22+,24+,25+,26-,27-,28-,29+,30+,31+,32+,33-,34-,35+,36-,37+,38+,39+,40+,44-,45-,46+,47+,48+/m1/s1. The van der Waals surface area contributed by atoms with Gasteiger partial charge in [-0.2, -0.15) is 0 Å². The molecule has 3 heterocycles. The smallest absolute Gasteiger partial charge is 0.315 e. The zero-order chi connectivity index (χ0) is 49.1. The number of hydrogen-bond donors (Lipinski definition) is 10. The Morgan fingerprint density at radius 2 is 1.31 bits per heavy atom. The molecule has 0 amide bonds. The van der Waals surface area contributed by atoms with E-state index in [1.54, 1.807) is 6.92 Å². The molecule has 10 N–H and O–H groups in total. The number of allylic oxidation sites excluding steroid dienone is 1. The van der Waals surface area contributed by atoms with Crippen molar-refractivity contribution in [2.24, 2.45) is 50.2 Å². The van der Waals surface area contributed by atoms with E-state index in [-0.39, 0.29) is 36.9 Å². The molecule has 0 aromatic heterocycles. The summed E-state index contributed by atoms with van der Waals surface area (Å²) in [7, 11) is 1.30. The van der Waals surface area contributed by atoms with Gasteiger partial charge in [-0.15, -0.1) is 0 Å². The fraction of sp³-hybridized carbons (Fsp3) is 0.917. The van der Waals surface area contributed by atoms with E-state index in [0.717, 1.165) is 5.57 Å². The third kappa shape index (κ3) is 7.79. The van der Waals surface area contributed by atoms with Crippen LogP contribution < -0.4 is 0 Å². The van der Waals surface area contributed by atoms with E-state index in [1.807, 2.05) is 0 Å². The maximum Gasteiger partial charge on any atom is 0.315 e. The number of esters is 2. The first-order chi connectivity index (χ1) is 31.3. The summed E-state index contributed by atoms with van der Waals surface area (Å²) in [4.78, 5) is 28.8. The van der Waals surface area contributed by atoms with Crippen LogP contribution in [0.2, 0.25) is 0 Å². The molecule has 382 valence electrons. The third-order valence-electron chi connectivity index (χ3n) is 19.1. The van der Waals surface area contributed by atoms with Gasteiger partial charge in [-0.05, 0) is 113 Å². The van der Waals surface area contributed by atoms with Crippen LogP contribution in [0.4, 0.5) is 0 Å². The van der Waals surface area contributed by atoms with Crippen molar-refractivity contribution in [3.05, 3.63) is 11.6 Å². The van der Waals surface area contributed by atoms with Crippen LogP contribution in [0.3, 0.4) is 0 Å². The molecule has 4 saturated carbocycles. The van der Waals surface area contributed by atoms with Gasteiger partial charge in [0.05, 0.1) is 55.6 Å². The molecule has 3 aliphatic heterocycles. The SMILES string of the molecule is COC(=O)[C@@]1(C)[C@@H]2CC[C@]3(C)[C@H](CC=C4[C@@H]5CC(C)(C)CC[C@]5(C(=O)O[C@@H]5O[C@H](C)[C@H](O)[C@H](O)[C@H]5O[C@@H]5O[C@@H](C)[C@H](O[C@@H]6OC[C@@H](O)[C@H](O)[C@H]6O)[C@@H](O)[C@H]5O)CC[C@]43CO)[C@@]2(C)C[C@H](O)[C@@H]1O. The van der Waals surface area contributed by atoms with Gasteiger partial charge in [0.1, 0.15) is 48.8 Å². The maximum atomic E-state index is 15.2. The summed E-state index contributed by atoms with van der Waals surface area (Å²) in [5, 5.41) is 110. The molecular formula is C48H76O19. The molecule has 0 radical (unpaired) electrons. The first-order valence-electron chi connectivity index (χ1n) is 24.3. The summed E-state index contributed by atoms with van der Waals surface area (Å²) >= 11 is 0. The number of carbonyl (C=O) groups excluding carboxylic acids is 2. The molecule has 67 heavy (non-hydrogen) atoms. The van der Waals surface area contributed by atoms with Crippen molar-refractivity contribution in [2.75, 3.05) is 20.3 Å². The van der Waals surface area contributed by atoms with Crippen molar-refractivity contribution < 1.29 is 93.8 Å². The summed E-state index contributed by atoms with van der Waals surface area (Å²) in [6, 6.07) is 0. The largest absolute Gasteiger partial charge is 0.469 e. The van der Waals surface area contributed by atoms with Gasteiger partial charge in [0.15, 0.2) is 18.7 Å². The lowest BCUT2D eigenvalue weighted by Gasteiger charge is -2.71. The Hall–Kier alpha value is -1.92. The molecule has 19 nitrogen and oxygen atoms in total. The van der Waals surface area contributed by atoms with E-state index in [4.69, 9.17) is 33.2 Å². The highest BCUT2D eigenvalue weighted by Gasteiger charge is 2.73. The predicted octanol–water partition coefficient (Wildman–Crippen LogP) is -0.0689. The molecular weight excluding hydrogens is 881 g/mol. The van der Waals surface area contributed by atoms with Crippen LogP contribution in [0.15, 0.2) is 11.6 Å². The Bertz CT molecular complexity index is 1880. The third-order valence-corrected chi connectivity index (χ3v) is 19.1. The number of hydrogen-bond acceptors (Lipinski definition) is 19. The van der Waals surface area contributed by atoms with Crippen LogP contribution in [-0.2, 0) is 42.7 Å². The minimum absolute atomic E-state index is 0.116. The van der Waals surface area contributed by atoms with Crippen LogP contribution in [0.1, 0.15) is 106 Å². The summed E-state index contributed by atoms with van der Waals surface area (Å²) in [5.74, 6) is -2.00. The van der Waals surface area contributed by atoms with Gasteiger partial charge in [-0.1, -0.05) is 39.3 Å². The lowest BCUT2D eigenvalue weighted by atomic mass is 9.33. The Morgan fingerprint density at radius 1 is 0.687 bits per heavy atom. The van der Waals surface area contributed by atoms with E-state index in [1.165, 1.54) is 21.0 Å². The van der Waals surface area contributed by atoms with Crippen molar-refractivity contribution in [3.8, 4) is 0 Å². The second-order valence-electron chi connectivity index (χ2n) is 23.0. The lowest BCUT2D eigenvalue weighted by Crippen LogP contribution is -2.70. The quantitative estimate of drug-likeness (QED) is 0.113. The van der Waals surface area contributed by atoms with E-state index >= 15 is 4.79 Å². The minimum atomic E-state index is -1.86. The Labute approximate surface area is 391 Å². The molecule has 24 atom stereocenters. The molecule has 0 spiro atoms. The van der Waals surface area contributed by atoms with Crippen molar-refractivity contribution in [3.63, 3.8) is 0 Å². The van der Waals surface area contributed by atoms with Gasteiger partial charge in [0.2, 0.25) is 6.29 Å². The fourth-order valence-electron chi connectivity index (χ4n) is 15.0. The Morgan fingerprint density at radius 3 is 1.99 bits per heavy atom. The summed E-state index contributed by atoms with van der Waals surface area (Å²) in [6.45, 7) is 12.7. The average molecular weight is 957 g/mol. The molecule has 3 saturated heterocycles. The van der Waals surface area contributed by atoms with Crippen LogP contribution in [-0.4, -0.2) is 182 Å². The number of ether oxygens (including phenoxy) is 7. The fourth-order valence-corrected chi connectivity index (χ4v) is 15.0. The first-order valence-corrected chi connectivity index (χ1v) is 24.3. The van der Waals surface area contributed by atoms with Gasteiger partial charge < -0.3 is 84.2 Å². The number of carbonyl (C=O) groups is 2. The van der Waals surface area contributed by atoms with Gasteiger partial charge in [-0.3, -0.25) is 9.59 Å².